The molecular formula is C15H19NO3. The Kier molecular flexibility index (Phi) is 3.12. The first-order valence-corrected chi connectivity index (χ1v) is 6.38. The number of benzene rings is 1. The van der Waals surface area contributed by atoms with Crippen LogP contribution >= 0.6 is 0 Å². The first kappa shape index (κ1) is 13.6. The third-order valence-corrected chi connectivity index (χ3v) is 3.89. The zero-order valence-electron chi connectivity index (χ0n) is 11.7. The molecule has 19 heavy (non-hydrogen) atoms. The van der Waals surface area contributed by atoms with Crippen LogP contribution in [-0.2, 0) is 4.79 Å². The van der Waals surface area contributed by atoms with Crippen LogP contribution in [0.4, 0.5) is 5.69 Å². The van der Waals surface area contributed by atoms with Crippen LogP contribution in [0.5, 0.6) is 0 Å². The molecule has 1 saturated carbocycles. The molecule has 1 aromatic rings. The molecule has 0 aliphatic heterocycles. The Bertz CT molecular complexity index is 561. The van der Waals surface area contributed by atoms with Crippen molar-refractivity contribution in [2.24, 2.45) is 11.3 Å². The van der Waals surface area contributed by atoms with Gasteiger partial charge < -0.3 is 10.4 Å². The number of aromatic carboxylic acids is 1. The first-order valence-electron chi connectivity index (χ1n) is 6.38. The fourth-order valence-electron chi connectivity index (χ4n) is 2.35. The number of hydrogen-bond donors (Lipinski definition) is 2. The van der Waals surface area contributed by atoms with Gasteiger partial charge in [0.05, 0.1) is 5.56 Å². The standard InChI is InChI=1S/C15H19NO3/c1-8-5-9(2)12(6-10(8)14(18)19)16-13(17)11-7-15(11,3)4/h5-6,11H,7H2,1-4H3,(H,16,17)(H,18,19)/t11-/m1/s1. The monoisotopic (exact) mass is 261 g/mol. The van der Waals surface area contributed by atoms with Crippen molar-refractivity contribution in [3.63, 3.8) is 0 Å². The van der Waals surface area contributed by atoms with E-state index in [1.165, 1.54) is 0 Å². The lowest BCUT2D eigenvalue weighted by atomic mass is 10.0. The van der Waals surface area contributed by atoms with Crippen molar-refractivity contribution in [3.8, 4) is 0 Å². The van der Waals surface area contributed by atoms with Gasteiger partial charge in [-0.3, -0.25) is 4.79 Å². The molecular weight excluding hydrogens is 242 g/mol. The summed E-state index contributed by atoms with van der Waals surface area (Å²) in [6.45, 7) is 7.74. The number of hydrogen-bond acceptors (Lipinski definition) is 2. The molecule has 0 heterocycles. The molecule has 0 saturated heterocycles. The maximum Gasteiger partial charge on any atom is 0.336 e. The summed E-state index contributed by atoms with van der Waals surface area (Å²) in [5.41, 5.74) is 2.48. The highest BCUT2D eigenvalue weighted by atomic mass is 16.4. The molecule has 1 aliphatic carbocycles. The first-order chi connectivity index (χ1) is 8.72. The average molecular weight is 261 g/mol. The lowest BCUT2D eigenvalue weighted by molar-refractivity contribution is -0.118. The third-order valence-electron chi connectivity index (χ3n) is 3.89. The van der Waals surface area contributed by atoms with Gasteiger partial charge in [0.15, 0.2) is 0 Å². The molecule has 2 N–H and O–H groups in total. The van der Waals surface area contributed by atoms with Crippen molar-refractivity contribution in [1.82, 2.24) is 0 Å². The molecule has 0 aromatic heterocycles. The number of nitrogens with one attached hydrogen (secondary N) is 1. The van der Waals surface area contributed by atoms with Gasteiger partial charge in [0, 0.05) is 11.6 Å². The van der Waals surface area contributed by atoms with E-state index in [0.29, 0.717) is 11.3 Å². The summed E-state index contributed by atoms with van der Waals surface area (Å²) in [6, 6.07) is 3.33. The van der Waals surface area contributed by atoms with Gasteiger partial charge in [0.2, 0.25) is 5.91 Å². The van der Waals surface area contributed by atoms with Gasteiger partial charge in [-0.05, 0) is 42.9 Å². The van der Waals surface area contributed by atoms with Gasteiger partial charge in [0.25, 0.3) is 0 Å². The van der Waals surface area contributed by atoms with Crippen molar-refractivity contribution < 1.29 is 14.7 Å². The van der Waals surface area contributed by atoms with Crippen molar-refractivity contribution in [2.75, 3.05) is 5.32 Å². The largest absolute Gasteiger partial charge is 0.478 e. The number of amides is 1. The van der Waals surface area contributed by atoms with E-state index in [-0.39, 0.29) is 22.8 Å². The maximum absolute atomic E-state index is 12.1. The zero-order chi connectivity index (χ0) is 14.4. The van der Waals surface area contributed by atoms with E-state index in [9.17, 15) is 9.59 Å². The van der Waals surface area contributed by atoms with E-state index in [0.717, 1.165) is 12.0 Å². The van der Waals surface area contributed by atoms with E-state index in [1.807, 2.05) is 6.92 Å². The number of carboxylic acid groups (broad SMARTS) is 1. The fraction of sp³-hybridized carbons (Fsp3) is 0.467. The predicted molar refractivity (Wildman–Crippen MR) is 73.4 cm³/mol. The summed E-state index contributed by atoms with van der Waals surface area (Å²) in [7, 11) is 0. The molecule has 102 valence electrons. The molecule has 0 bridgehead atoms. The summed E-state index contributed by atoms with van der Waals surface area (Å²) < 4.78 is 0. The Morgan fingerprint density at radius 1 is 1.26 bits per heavy atom. The second-order valence-electron chi connectivity index (χ2n) is 6.02. The second-order valence-corrected chi connectivity index (χ2v) is 6.02. The van der Waals surface area contributed by atoms with E-state index in [2.05, 4.69) is 19.2 Å². The van der Waals surface area contributed by atoms with Crippen molar-refractivity contribution in [3.05, 3.63) is 28.8 Å². The smallest absolute Gasteiger partial charge is 0.336 e. The van der Waals surface area contributed by atoms with Gasteiger partial charge in [-0.25, -0.2) is 4.79 Å². The normalized spacial score (nSPS) is 19.9. The third kappa shape index (κ3) is 2.62. The van der Waals surface area contributed by atoms with Crippen molar-refractivity contribution in [1.29, 1.82) is 0 Å². The molecule has 4 heteroatoms. The number of aryl methyl sites for hydroxylation is 2. The molecule has 0 radical (unpaired) electrons. The summed E-state index contributed by atoms with van der Waals surface area (Å²) in [4.78, 5) is 23.2. The molecule has 1 fully saturated rings. The molecule has 1 atom stereocenters. The van der Waals surface area contributed by atoms with Crippen LogP contribution in [0.1, 0.15) is 41.8 Å². The summed E-state index contributed by atoms with van der Waals surface area (Å²) in [6.07, 6.45) is 0.884. The zero-order valence-corrected chi connectivity index (χ0v) is 11.7. The van der Waals surface area contributed by atoms with Crippen LogP contribution in [0.3, 0.4) is 0 Å². The Hall–Kier alpha value is -1.84. The number of carbonyl (C=O) groups excluding carboxylic acids is 1. The summed E-state index contributed by atoms with van der Waals surface area (Å²) in [5, 5.41) is 12.0. The minimum absolute atomic E-state index is 0.0201. The lowest BCUT2D eigenvalue weighted by Crippen LogP contribution is -2.17. The molecule has 1 aromatic carbocycles. The van der Waals surface area contributed by atoms with E-state index < -0.39 is 5.97 Å². The molecule has 4 nitrogen and oxygen atoms in total. The predicted octanol–water partition coefficient (Wildman–Crippen LogP) is 2.99. The molecule has 0 spiro atoms. The summed E-state index contributed by atoms with van der Waals surface area (Å²) >= 11 is 0. The van der Waals surface area contributed by atoms with Crippen molar-refractivity contribution in [2.45, 2.75) is 34.1 Å². The van der Waals surface area contributed by atoms with Gasteiger partial charge in [-0.1, -0.05) is 19.9 Å². The Labute approximate surface area is 112 Å². The quantitative estimate of drug-likeness (QED) is 0.879. The molecule has 1 amide bonds. The van der Waals surface area contributed by atoms with Crippen LogP contribution in [-0.4, -0.2) is 17.0 Å². The number of carboxylic acids is 1. The highest BCUT2D eigenvalue weighted by molar-refractivity contribution is 5.98. The highest BCUT2D eigenvalue weighted by Crippen LogP contribution is 2.52. The van der Waals surface area contributed by atoms with Crippen LogP contribution in [0.2, 0.25) is 0 Å². The van der Waals surface area contributed by atoms with Crippen LogP contribution in [0.15, 0.2) is 12.1 Å². The van der Waals surface area contributed by atoms with Gasteiger partial charge in [-0.2, -0.15) is 0 Å². The summed E-state index contributed by atoms with van der Waals surface area (Å²) in [5.74, 6) is -0.963. The van der Waals surface area contributed by atoms with Crippen LogP contribution in [0.25, 0.3) is 0 Å². The van der Waals surface area contributed by atoms with E-state index >= 15 is 0 Å². The number of anilines is 1. The topological polar surface area (TPSA) is 66.4 Å². The van der Waals surface area contributed by atoms with Crippen LogP contribution < -0.4 is 5.32 Å². The molecule has 0 unspecified atom stereocenters. The van der Waals surface area contributed by atoms with Gasteiger partial charge in [-0.15, -0.1) is 0 Å². The average Bonchev–Trinajstić information content (AvgIpc) is 2.91. The highest BCUT2D eigenvalue weighted by Gasteiger charge is 2.50. The SMILES string of the molecule is Cc1cc(C)c(C(=O)O)cc1NC(=O)[C@H]1CC1(C)C. The second kappa shape index (κ2) is 4.37. The lowest BCUT2D eigenvalue weighted by Gasteiger charge is -2.12. The van der Waals surface area contributed by atoms with Gasteiger partial charge >= 0.3 is 5.97 Å². The Morgan fingerprint density at radius 2 is 1.84 bits per heavy atom. The van der Waals surface area contributed by atoms with Gasteiger partial charge in [0.1, 0.15) is 0 Å². The van der Waals surface area contributed by atoms with E-state index in [4.69, 9.17) is 5.11 Å². The molecule has 2 rings (SSSR count). The maximum atomic E-state index is 12.1. The number of carbonyl (C=O) groups is 2. The minimum atomic E-state index is -0.972. The fourth-order valence-corrected chi connectivity index (χ4v) is 2.35. The Morgan fingerprint density at radius 3 is 2.32 bits per heavy atom. The van der Waals surface area contributed by atoms with Crippen molar-refractivity contribution >= 4 is 17.6 Å². The van der Waals surface area contributed by atoms with E-state index in [1.54, 1.807) is 19.1 Å². The number of rotatable bonds is 3. The molecule has 1 aliphatic rings. The van der Waals surface area contributed by atoms with Crippen LogP contribution in [0, 0.1) is 25.2 Å². The Balaban J connectivity index is 2.23. The minimum Gasteiger partial charge on any atom is -0.478 e.